The molecule has 140 valence electrons. The fourth-order valence-corrected chi connectivity index (χ4v) is 2.38. The largest absolute Gasteiger partial charge is 0.478 e. The van der Waals surface area contributed by atoms with E-state index in [0.29, 0.717) is 10.5 Å². The Balaban J connectivity index is 0.000000342. The van der Waals surface area contributed by atoms with Crippen LogP contribution in [0, 0.1) is 5.82 Å². The van der Waals surface area contributed by atoms with Crippen LogP contribution in [0.2, 0.25) is 0 Å². The van der Waals surface area contributed by atoms with Crippen molar-refractivity contribution in [3.8, 4) is 0 Å². The second kappa shape index (κ2) is 8.93. The van der Waals surface area contributed by atoms with Crippen LogP contribution >= 0.6 is 15.9 Å². The lowest BCUT2D eigenvalue weighted by molar-refractivity contribution is 0.0697. The molecule has 1 aromatic carbocycles. The molecule has 0 amide bonds. The molecule has 1 fully saturated rings. The molecule has 3 rings (SSSR count). The maximum Gasteiger partial charge on any atom is 0.339 e. The standard InChI is InChI=1S/C13H10BrFN2O3.C4H9NO/c1-17-11(18)5-3-8(13(19)20)12(17)16-10-4-2-7(14)6-9(10)15;1-6-5-4-2-3-4/h2-6,16H,1H3,(H,19,20);4-5H,2-3H2,1H3. The Labute approximate surface area is 157 Å². The number of anilines is 2. The number of benzene rings is 1. The van der Waals surface area contributed by atoms with Gasteiger partial charge in [0.15, 0.2) is 0 Å². The van der Waals surface area contributed by atoms with E-state index in [-0.39, 0.29) is 17.1 Å². The van der Waals surface area contributed by atoms with Gasteiger partial charge in [0.1, 0.15) is 17.2 Å². The summed E-state index contributed by atoms with van der Waals surface area (Å²) in [7, 11) is 3.06. The van der Waals surface area contributed by atoms with E-state index in [9.17, 15) is 14.0 Å². The van der Waals surface area contributed by atoms with Crippen LogP contribution in [0.1, 0.15) is 23.2 Å². The molecule has 1 aliphatic rings. The van der Waals surface area contributed by atoms with Crippen molar-refractivity contribution in [1.29, 1.82) is 0 Å². The van der Waals surface area contributed by atoms with Crippen molar-refractivity contribution in [2.45, 2.75) is 18.9 Å². The molecule has 0 unspecified atom stereocenters. The summed E-state index contributed by atoms with van der Waals surface area (Å²) >= 11 is 3.13. The lowest BCUT2D eigenvalue weighted by Gasteiger charge is -2.14. The summed E-state index contributed by atoms with van der Waals surface area (Å²) in [4.78, 5) is 27.3. The van der Waals surface area contributed by atoms with Crippen LogP contribution in [0.15, 0.2) is 39.6 Å². The van der Waals surface area contributed by atoms with Crippen LogP contribution in [0.4, 0.5) is 15.9 Å². The molecule has 1 aromatic heterocycles. The number of aromatic carboxylic acids is 1. The van der Waals surface area contributed by atoms with Crippen LogP contribution in [0.5, 0.6) is 0 Å². The lowest BCUT2D eigenvalue weighted by atomic mass is 10.2. The molecular formula is C17H19BrFN3O4. The number of nitrogens with one attached hydrogen (secondary N) is 2. The van der Waals surface area contributed by atoms with E-state index in [1.165, 1.54) is 38.1 Å². The highest BCUT2D eigenvalue weighted by Gasteiger charge is 2.19. The van der Waals surface area contributed by atoms with Gasteiger partial charge in [-0.2, -0.15) is 5.48 Å². The van der Waals surface area contributed by atoms with Crippen LogP contribution in [0.3, 0.4) is 0 Å². The number of aromatic nitrogens is 1. The number of carboxylic acid groups (broad SMARTS) is 1. The SMILES string of the molecule is CONC1CC1.Cn1c(Nc2ccc(Br)cc2F)c(C(=O)O)ccc1=O. The first-order valence-corrected chi connectivity index (χ1v) is 8.56. The number of hydroxylamine groups is 1. The minimum Gasteiger partial charge on any atom is -0.478 e. The average Bonchev–Trinajstić information content (AvgIpc) is 3.39. The van der Waals surface area contributed by atoms with Crippen molar-refractivity contribution in [1.82, 2.24) is 10.0 Å². The van der Waals surface area contributed by atoms with Gasteiger partial charge in [0.05, 0.1) is 12.8 Å². The van der Waals surface area contributed by atoms with Crippen molar-refractivity contribution >= 4 is 33.4 Å². The molecule has 0 bridgehead atoms. The number of carboxylic acids is 1. The third-order valence-corrected chi connectivity index (χ3v) is 4.08. The van der Waals surface area contributed by atoms with Gasteiger partial charge < -0.3 is 15.3 Å². The zero-order valence-electron chi connectivity index (χ0n) is 14.3. The minimum atomic E-state index is -1.21. The summed E-state index contributed by atoms with van der Waals surface area (Å²) in [6.07, 6.45) is 2.57. The van der Waals surface area contributed by atoms with Gasteiger partial charge in [-0.25, -0.2) is 9.18 Å². The maximum absolute atomic E-state index is 13.8. The Morgan fingerprint density at radius 1 is 1.35 bits per heavy atom. The van der Waals surface area contributed by atoms with Gasteiger partial charge in [-0.05, 0) is 37.1 Å². The Hall–Kier alpha value is -2.23. The smallest absolute Gasteiger partial charge is 0.339 e. The molecule has 0 atom stereocenters. The second-order valence-electron chi connectivity index (χ2n) is 5.64. The minimum absolute atomic E-state index is 0.0197. The highest BCUT2D eigenvalue weighted by atomic mass is 79.9. The van der Waals surface area contributed by atoms with E-state index in [1.807, 2.05) is 0 Å². The number of hydrogen-bond acceptors (Lipinski definition) is 5. The topological polar surface area (TPSA) is 92.6 Å². The van der Waals surface area contributed by atoms with Gasteiger partial charge in [-0.1, -0.05) is 15.9 Å². The molecule has 26 heavy (non-hydrogen) atoms. The Morgan fingerprint density at radius 3 is 2.54 bits per heavy atom. The fraction of sp³-hybridized carbons (Fsp3) is 0.294. The highest BCUT2D eigenvalue weighted by molar-refractivity contribution is 9.10. The quantitative estimate of drug-likeness (QED) is 0.635. The summed E-state index contributed by atoms with van der Waals surface area (Å²) < 4.78 is 15.4. The van der Waals surface area contributed by atoms with E-state index in [1.54, 1.807) is 13.2 Å². The summed E-state index contributed by atoms with van der Waals surface area (Å²) in [5, 5.41) is 11.8. The van der Waals surface area contributed by atoms with Crippen LogP contribution in [0.25, 0.3) is 0 Å². The van der Waals surface area contributed by atoms with E-state index in [2.05, 4.69) is 31.6 Å². The lowest BCUT2D eigenvalue weighted by Crippen LogP contribution is -2.21. The highest BCUT2D eigenvalue weighted by Crippen LogP contribution is 2.24. The van der Waals surface area contributed by atoms with E-state index < -0.39 is 17.3 Å². The van der Waals surface area contributed by atoms with Gasteiger partial charge in [0.2, 0.25) is 0 Å². The van der Waals surface area contributed by atoms with Crippen molar-refractivity contribution in [3.63, 3.8) is 0 Å². The van der Waals surface area contributed by atoms with Gasteiger partial charge >= 0.3 is 5.97 Å². The van der Waals surface area contributed by atoms with Crippen LogP contribution < -0.4 is 16.4 Å². The number of pyridine rings is 1. The molecule has 7 nitrogen and oxygen atoms in total. The first-order valence-electron chi connectivity index (χ1n) is 7.77. The Bertz CT molecular complexity index is 852. The predicted molar refractivity (Wildman–Crippen MR) is 99.2 cm³/mol. The summed E-state index contributed by atoms with van der Waals surface area (Å²) in [6.45, 7) is 0. The number of nitrogens with zero attached hydrogens (tertiary/aromatic N) is 1. The molecule has 1 aliphatic carbocycles. The van der Waals surface area contributed by atoms with E-state index in [4.69, 9.17) is 5.11 Å². The summed E-state index contributed by atoms with van der Waals surface area (Å²) in [6, 6.07) is 7.30. The number of carbonyl (C=O) groups is 1. The maximum atomic E-state index is 13.8. The summed E-state index contributed by atoms with van der Waals surface area (Å²) in [5.41, 5.74) is 2.39. The number of rotatable bonds is 5. The molecule has 2 aromatic rings. The predicted octanol–water partition coefficient (Wildman–Crippen LogP) is 3.03. The third-order valence-electron chi connectivity index (χ3n) is 3.59. The number of hydrogen-bond donors (Lipinski definition) is 3. The molecule has 0 saturated heterocycles. The van der Waals surface area contributed by atoms with E-state index in [0.717, 1.165) is 10.6 Å². The molecule has 3 N–H and O–H groups in total. The van der Waals surface area contributed by atoms with E-state index >= 15 is 0 Å². The monoisotopic (exact) mass is 427 g/mol. The molecule has 9 heteroatoms. The number of halogens is 2. The zero-order valence-corrected chi connectivity index (χ0v) is 15.8. The summed E-state index contributed by atoms with van der Waals surface area (Å²) in [5.74, 6) is -1.75. The molecule has 1 heterocycles. The van der Waals surface area contributed by atoms with Gasteiger partial charge in [-0.15, -0.1) is 0 Å². The normalized spacial score (nSPS) is 12.9. The molecule has 1 saturated carbocycles. The zero-order chi connectivity index (χ0) is 19.3. The first-order chi connectivity index (χ1) is 12.3. The van der Waals surface area contributed by atoms with Crippen molar-refractivity contribution < 1.29 is 19.1 Å². The Morgan fingerprint density at radius 2 is 2.04 bits per heavy atom. The molecule has 0 spiro atoms. The first kappa shape index (κ1) is 20.1. The third kappa shape index (κ3) is 5.38. The van der Waals surface area contributed by atoms with Crippen LogP contribution in [-0.2, 0) is 11.9 Å². The Kier molecular flexibility index (Phi) is 6.90. The van der Waals surface area contributed by atoms with Gasteiger partial charge in [0, 0.05) is 23.6 Å². The van der Waals surface area contributed by atoms with Gasteiger partial charge in [0.25, 0.3) is 5.56 Å². The van der Waals surface area contributed by atoms with Crippen molar-refractivity contribution in [2.75, 3.05) is 12.4 Å². The van der Waals surface area contributed by atoms with Crippen molar-refractivity contribution in [2.24, 2.45) is 7.05 Å². The second-order valence-corrected chi connectivity index (χ2v) is 6.56. The van der Waals surface area contributed by atoms with Crippen LogP contribution in [-0.4, -0.2) is 28.8 Å². The average molecular weight is 428 g/mol. The van der Waals surface area contributed by atoms with Crippen molar-refractivity contribution in [3.05, 3.63) is 56.5 Å². The van der Waals surface area contributed by atoms with Gasteiger partial charge in [-0.3, -0.25) is 9.36 Å². The molecule has 0 radical (unpaired) electrons. The molecule has 0 aliphatic heterocycles. The fourth-order valence-electron chi connectivity index (χ4n) is 2.05. The molecular weight excluding hydrogens is 409 g/mol.